The second-order valence-electron chi connectivity index (χ2n) is 3.51. The molecule has 0 aromatic heterocycles. The van der Waals surface area contributed by atoms with Crippen LogP contribution in [0.5, 0.6) is 0 Å². The van der Waals surface area contributed by atoms with Crippen molar-refractivity contribution in [2.24, 2.45) is 0 Å². The van der Waals surface area contributed by atoms with Crippen LogP contribution in [0, 0.1) is 0 Å². The van der Waals surface area contributed by atoms with E-state index in [1.807, 2.05) is 42.5 Å². The minimum absolute atomic E-state index is 0.170. The standard InChI is InChI=1S/C13H12ClN/c14-12-8-6-11(7-9-12)13(15)10-4-2-1-3-5-10/h1-9,13H,15H2/p+1. The zero-order valence-corrected chi connectivity index (χ0v) is 9.11. The molecule has 3 N–H and O–H groups in total. The van der Waals surface area contributed by atoms with Crippen molar-refractivity contribution < 1.29 is 5.73 Å². The lowest BCUT2D eigenvalue weighted by Crippen LogP contribution is -2.53. The first kappa shape index (κ1) is 10.2. The van der Waals surface area contributed by atoms with Crippen LogP contribution in [0.1, 0.15) is 17.2 Å². The highest BCUT2D eigenvalue weighted by atomic mass is 35.5. The Morgan fingerprint density at radius 2 is 1.33 bits per heavy atom. The molecule has 1 atom stereocenters. The monoisotopic (exact) mass is 218 g/mol. The van der Waals surface area contributed by atoms with Gasteiger partial charge in [-0.1, -0.05) is 54.1 Å². The third-order valence-electron chi connectivity index (χ3n) is 2.47. The molecule has 0 spiro atoms. The molecule has 0 heterocycles. The Balaban J connectivity index is 2.29. The highest BCUT2D eigenvalue weighted by molar-refractivity contribution is 6.30. The van der Waals surface area contributed by atoms with Gasteiger partial charge in [0.05, 0.1) is 0 Å². The van der Waals surface area contributed by atoms with Gasteiger partial charge in [-0.05, 0) is 12.1 Å². The van der Waals surface area contributed by atoms with Gasteiger partial charge in [-0.25, -0.2) is 0 Å². The molecule has 2 heteroatoms. The van der Waals surface area contributed by atoms with Crippen molar-refractivity contribution in [3.8, 4) is 0 Å². The molecule has 2 rings (SSSR count). The van der Waals surface area contributed by atoms with Gasteiger partial charge in [0.2, 0.25) is 0 Å². The van der Waals surface area contributed by atoms with Crippen LogP contribution in [0.4, 0.5) is 0 Å². The Morgan fingerprint density at radius 3 is 1.93 bits per heavy atom. The summed E-state index contributed by atoms with van der Waals surface area (Å²) in [7, 11) is 0. The Kier molecular flexibility index (Phi) is 3.05. The van der Waals surface area contributed by atoms with Crippen LogP contribution in [-0.4, -0.2) is 0 Å². The number of hydrogen-bond acceptors (Lipinski definition) is 0. The fourth-order valence-electron chi connectivity index (χ4n) is 1.57. The van der Waals surface area contributed by atoms with Gasteiger partial charge in [0.25, 0.3) is 0 Å². The van der Waals surface area contributed by atoms with Crippen molar-refractivity contribution in [1.29, 1.82) is 0 Å². The molecule has 0 saturated carbocycles. The Labute approximate surface area is 94.5 Å². The van der Waals surface area contributed by atoms with Gasteiger partial charge in [-0.3, -0.25) is 0 Å². The normalized spacial score (nSPS) is 12.4. The lowest BCUT2D eigenvalue weighted by molar-refractivity contribution is -0.411. The molecule has 2 aromatic rings. The predicted molar refractivity (Wildman–Crippen MR) is 62.6 cm³/mol. The molecule has 2 aromatic carbocycles. The lowest BCUT2D eigenvalue weighted by atomic mass is 10.00. The van der Waals surface area contributed by atoms with Crippen LogP contribution in [0.25, 0.3) is 0 Å². The largest absolute Gasteiger partial charge is 0.348 e. The highest BCUT2D eigenvalue weighted by Gasteiger charge is 2.10. The fraction of sp³-hybridized carbons (Fsp3) is 0.0769. The van der Waals surface area contributed by atoms with E-state index in [9.17, 15) is 0 Å². The van der Waals surface area contributed by atoms with Gasteiger partial charge in [0, 0.05) is 16.1 Å². The molecule has 0 fully saturated rings. The number of halogens is 1. The van der Waals surface area contributed by atoms with Crippen molar-refractivity contribution in [3.63, 3.8) is 0 Å². The molecule has 0 bridgehead atoms. The van der Waals surface area contributed by atoms with E-state index in [4.69, 9.17) is 11.6 Å². The smallest absolute Gasteiger partial charge is 0.136 e. The van der Waals surface area contributed by atoms with E-state index in [0.717, 1.165) is 5.02 Å². The molecule has 0 aliphatic carbocycles. The van der Waals surface area contributed by atoms with Gasteiger partial charge in [0.1, 0.15) is 6.04 Å². The number of hydrogen-bond donors (Lipinski definition) is 1. The maximum Gasteiger partial charge on any atom is 0.136 e. The summed E-state index contributed by atoms with van der Waals surface area (Å²) in [5.41, 5.74) is 6.57. The summed E-state index contributed by atoms with van der Waals surface area (Å²) in [6.07, 6.45) is 0. The second-order valence-corrected chi connectivity index (χ2v) is 3.95. The second kappa shape index (κ2) is 4.47. The van der Waals surface area contributed by atoms with E-state index in [2.05, 4.69) is 17.9 Å². The number of rotatable bonds is 2. The molecule has 1 unspecified atom stereocenters. The molecule has 0 saturated heterocycles. The minimum atomic E-state index is 0.170. The van der Waals surface area contributed by atoms with Crippen molar-refractivity contribution in [3.05, 3.63) is 70.7 Å². The van der Waals surface area contributed by atoms with E-state index in [1.54, 1.807) is 0 Å². The Morgan fingerprint density at radius 1 is 0.800 bits per heavy atom. The summed E-state index contributed by atoms with van der Waals surface area (Å²) >= 11 is 5.84. The molecule has 0 aliphatic heterocycles. The first-order valence-electron chi connectivity index (χ1n) is 4.91. The van der Waals surface area contributed by atoms with Gasteiger partial charge in [-0.15, -0.1) is 0 Å². The third-order valence-corrected chi connectivity index (χ3v) is 2.73. The van der Waals surface area contributed by atoms with E-state index in [0.29, 0.717) is 0 Å². The molecule has 0 amide bonds. The van der Waals surface area contributed by atoms with Gasteiger partial charge in [0.15, 0.2) is 0 Å². The van der Waals surface area contributed by atoms with Crippen molar-refractivity contribution >= 4 is 11.6 Å². The van der Waals surface area contributed by atoms with E-state index in [-0.39, 0.29) is 6.04 Å². The average Bonchev–Trinajstić information content (AvgIpc) is 2.30. The van der Waals surface area contributed by atoms with Gasteiger partial charge in [-0.2, -0.15) is 0 Å². The minimum Gasteiger partial charge on any atom is -0.348 e. The summed E-state index contributed by atoms with van der Waals surface area (Å²) in [6, 6.07) is 18.3. The van der Waals surface area contributed by atoms with Crippen LogP contribution in [0.2, 0.25) is 5.02 Å². The molecular formula is C13H13ClN+. The fourth-order valence-corrected chi connectivity index (χ4v) is 1.70. The van der Waals surface area contributed by atoms with E-state index >= 15 is 0 Å². The lowest BCUT2D eigenvalue weighted by Gasteiger charge is -2.08. The van der Waals surface area contributed by atoms with Crippen LogP contribution in [0.15, 0.2) is 54.6 Å². The quantitative estimate of drug-likeness (QED) is 0.803. The molecular weight excluding hydrogens is 206 g/mol. The molecule has 0 aliphatic rings. The zero-order valence-electron chi connectivity index (χ0n) is 8.36. The topological polar surface area (TPSA) is 27.6 Å². The first-order valence-corrected chi connectivity index (χ1v) is 5.28. The highest BCUT2D eigenvalue weighted by Crippen LogP contribution is 2.19. The van der Waals surface area contributed by atoms with Crippen molar-refractivity contribution in [2.45, 2.75) is 6.04 Å². The average molecular weight is 219 g/mol. The van der Waals surface area contributed by atoms with Gasteiger partial charge >= 0.3 is 0 Å². The van der Waals surface area contributed by atoms with Crippen LogP contribution >= 0.6 is 11.6 Å². The van der Waals surface area contributed by atoms with Crippen molar-refractivity contribution in [2.75, 3.05) is 0 Å². The molecule has 76 valence electrons. The molecule has 1 nitrogen and oxygen atoms in total. The molecule has 15 heavy (non-hydrogen) atoms. The Hall–Kier alpha value is -1.31. The van der Waals surface area contributed by atoms with Crippen LogP contribution in [-0.2, 0) is 0 Å². The first-order chi connectivity index (χ1) is 7.27. The zero-order chi connectivity index (χ0) is 10.7. The van der Waals surface area contributed by atoms with Crippen LogP contribution < -0.4 is 5.73 Å². The van der Waals surface area contributed by atoms with Crippen LogP contribution in [0.3, 0.4) is 0 Å². The summed E-state index contributed by atoms with van der Waals surface area (Å²) in [5.74, 6) is 0. The number of quaternary nitrogens is 1. The van der Waals surface area contributed by atoms with Crippen molar-refractivity contribution in [1.82, 2.24) is 0 Å². The maximum atomic E-state index is 5.84. The Bertz CT molecular complexity index is 422. The van der Waals surface area contributed by atoms with E-state index < -0.39 is 0 Å². The summed E-state index contributed by atoms with van der Waals surface area (Å²) in [6.45, 7) is 0. The summed E-state index contributed by atoms with van der Waals surface area (Å²) in [4.78, 5) is 0. The third kappa shape index (κ3) is 2.38. The number of benzene rings is 2. The maximum absolute atomic E-state index is 5.84. The SMILES string of the molecule is [NH3+]C(c1ccccc1)c1ccc(Cl)cc1. The van der Waals surface area contributed by atoms with Gasteiger partial charge < -0.3 is 5.73 Å². The predicted octanol–water partition coefficient (Wildman–Crippen LogP) is 2.67. The van der Waals surface area contributed by atoms with E-state index in [1.165, 1.54) is 11.1 Å². The molecule has 0 radical (unpaired) electrons. The summed E-state index contributed by atoms with van der Waals surface area (Å²) in [5, 5.41) is 0.763. The summed E-state index contributed by atoms with van der Waals surface area (Å²) < 4.78 is 0.